The maximum Gasteiger partial charge on any atom is 0.416 e. The van der Waals surface area contributed by atoms with Gasteiger partial charge in [-0.3, -0.25) is 0 Å². The molecule has 0 saturated carbocycles. The number of hydrogen-bond acceptors (Lipinski definition) is 8. The van der Waals surface area contributed by atoms with Crippen molar-refractivity contribution in [3.8, 4) is 0 Å². The minimum atomic E-state index is -4.48. The van der Waals surface area contributed by atoms with Crippen molar-refractivity contribution in [3.05, 3.63) is 41.6 Å². The lowest BCUT2D eigenvalue weighted by Crippen LogP contribution is -2.30. The van der Waals surface area contributed by atoms with Gasteiger partial charge in [-0.05, 0) is 63.7 Å². The van der Waals surface area contributed by atoms with E-state index in [0.29, 0.717) is 29.4 Å². The van der Waals surface area contributed by atoms with Crippen molar-refractivity contribution in [2.45, 2.75) is 32.0 Å². The lowest BCUT2D eigenvalue weighted by atomic mass is 10.0. The quantitative estimate of drug-likeness (QED) is 0.439. The van der Waals surface area contributed by atoms with Crippen LogP contribution in [0.4, 0.5) is 36.4 Å². The fraction of sp³-hybridized carbons (Fsp3) is 0.480. The van der Waals surface area contributed by atoms with E-state index in [1.54, 1.807) is 19.2 Å². The van der Waals surface area contributed by atoms with Gasteiger partial charge in [0.2, 0.25) is 5.95 Å². The molecule has 3 heterocycles. The molecule has 0 radical (unpaired) electrons. The molecule has 1 aliphatic heterocycles. The minimum Gasteiger partial charge on any atom is -0.399 e. The smallest absolute Gasteiger partial charge is 0.399 e. The molecule has 2 aromatic heterocycles. The first-order chi connectivity index (χ1) is 17.0. The van der Waals surface area contributed by atoms with Gasteiger partial charge in [0, 0.05) is 44.3 Å². The second-order valence-corrected chi connectivity index (χ2v) is 9.60. The van der Waals surface area contributed by atoms with Crippen LogP contribution in [0.1, 0.15) is 36.9 Å². The Labute approximate surface area is 209 Å². The Morgan fingerprint density at radius 2 is 1.78 bits per heavy atom. The summed E-state index contributed by atoms with van der Waals surface area (Å²) in [6, 6.07) is 5.09. The number of hydrogen-bond donors (Lipinski definition) is 2. The second kappa shape index (κ2) is 10.3. The molecule has 0 spiro atoms. The van der Waals surface area contributed by atoms with Crippen LogP contribution < -0.4 is 20.9 Å². The average Bonchev–Trinajstić information content (AvgIpc) is 3.36. The molecule has 1 saturated heterocycles. The molecule has 0 bridgehead atoms. The molecule has 4 rings (SSSR count). The molecule has 1 unspecified atom stereocenters. The lowest BCUT2D eigenvalue weighted by Gasteiger charge is -2.23. The zero-order valence-electron chi connectivity index (χ0n) is 21.1. The van der Waals surface area contributed by atoms with Gasteiger partial charge in [0.25, 0.3) is 0 Å². The van der Waals surface area contributed by atoms with Crippen LogP contribution in [-0.4, -0.2) is 67.2 Å². The predicted molar refractivity (Wildman–Crippen MR) is 138 cm³/mol. The number of aromatic nitrogens is 3. The summed E-state index contributed by atoms with van der Waals surface area (Å²) in [6.45, 7) is 5.19. The number of rotatable bonds is 8. The van der Waals surface area contributed by atoms with Gasteiger partial charge >= 0.3 is 6.18 Å². The van der Waals surface area contributed by atoms with E-state index in [-0.39, 0.29) is 5.69 Å². The van der Waals surface area contributed by atoms with E-state index < -0.39 is 17.8 Å². The molecule has 36 heavy (non-hydrogen) atoms. The van der Waals surface area contributed by atoms with Gasteiger partial charge in [-0.1, -0.05) is 0 Å². The van der Waals surface area contributed by atoms with Crippen LogP contribution in [0.25, 0.3) is 10.9 Å². The summed E-state index contributed by atoms with van der Waals surface area (Å²) in [5.41, 5.74) is 6.18. The Morgan fingerprint density at radius 3 is 2.44 bits per heavy atom. The number of nitrogens with two attached hydrogens (primary N) is 1. The van der Waals surface area contributed by atoms with Crippen molar-refractivity contribution >= 4 is 34.2 Å². The van der Waals surface area contributed by atoms with Crippen molar-refractivity contribution in [2.24, 2.45) is 0 Å². The number of pyridine rings is 1. The summed E-state index contributed by atoms with van der Waals surface area (Å²) in [5.74, 6) is 1.90. The van der Waals surface area contributed by atoms with Crippen LogP contribution in [0.15, 0.2) is 30.5 Å². The zero-order valence-corrected chi connectivity index (χ0v) is 21.1. The van der Waals surface area contributed by atoms with Gasteiger partial charge in [0.1, 0.15) is 11.6 Å². The first-order valence-electron chi connectivity index (χ1n) is 12.0. The van der Waals surface area contributed by atoms with Crippen molar-refractivity contribution < 1.29 is 13.2 Å². The molecule has 11 heteroatoms. The first-order valence-corrected chi connectivity index (χ1v) is 12.0. The van der Waals surface area contributed by atoms with E-state index in [9.17, 15) is 13.2 Å². The highest BCUT2D eigenvalue weighted by Crippen LogP contribution is 2.34. The van der Waals surface area contributed by atoms with Crippen LogP contribution in [0.5, 0.6) is 0 Å². The fourth-order valence-electron chi connectivity index (χ4n) is 4.24. The summed E-state index contributed by atoms with van der Waals surface area (Å²) in [5, 5.41) is 4.09. The Morgan fingerprint density at radius 1 is 1.06 bits per heavy atom. The number of likely N-dealkylation sites (N-methyl/N-ethyl adjacent to an activating group) is 2. The number of anilines is 4. The Kier molecular flexibility index (Phi) is 7.39. The number of benzene rings is 1. The van der Waals surface area contributed by atoms with E-state index in [4.69, 9.17) is 15.7 Å². The van der Waals surface area contributed by atoms with E-state index in [0.717, 1.165) is 55.8 Å². The van der Waals surface area contributed by atoms with E-state index in [1.165, 1.54) is 0 Å². The van der Waals surface area contributed by atoms with Crippen molar-refractivity contribution in [1.29, 1.82) is 0 Å². The third kappa shape index (κ3) is 5.89. The van der Waals surface area contributed by atoms with Crippen LogP contribution >= 0.6 is 0 Å². The van der Waals surface area contributed by atoms with Gasteiger partial charge in [0.05, 0.1) is 23.3 Å². The second-order valence-electron chi connectivity index (χ2n) is 9.60. The van der Waals surface area contributed by atoms with E-state index >= 15 is 0 Å². The Hall–Kier alpha value is -3.34. The molecule has 194 valence electrons. The highest BCUT2D eigenvalue weighted by Gasteiger charge is 2.31. The lowest BCUT2D eigenvalue weighted by molar-refractivity contribution is -0.137. The molecule has 0 aliphatic carbocycles. The molecular weight excluding hydrogens is 469 g/mol. The van der Waals surface area contributed by atoms with E-state index in [1.807, 2.05) is 32.1 Å². The molecule has 1 fully saturated rings. The summed E-state index contributed by atoms with van der Waals surface area (Å²) < 4.78 is 40.2. The first kappa shape index (κ1) is 25.7. The fourth-order valence-corrected chi connectivity index (χ4v) is 4.24. The number of halogens is 3. The van der Waals surface area contributed by atoms with Crippen LogP contribution in [-0.2, 0) is 6.18 Å². The standard InChI is InChI=1S/C25H33F3N8/c1-16(17-11-18(25(26,27)28)13-19(29)12-17)31-23-20-14-22(36-7-5-6-8-36)30-15-21(20)32-24(33-23)35(4)10-9-34(2)3/h11-16H,5-10,29H2,1-4H3,(H,31,32,33). The monoisotopic (exact) mass is 502 g/mol. The minimum absolute atomic E-state index is 0.0608. The maximum absolute atomic E-state index is 13.4. The number of fused-ring (bicyclic) bond motifs is 1. The number of nitrogens with zero attached hydrogens (tertiary/aromatic N) is 6. The summed E-state index contributed by atoms with van der Waals surface area (Å²) in [4.78, 5) is 20.4. The van der Waals surface area contributed by atoms with Crippen LogP contribution in [0.3, 0.4) is 0 Å². The number of nitrogen functional groups attached to an aromatic ring is 1. The largest absolute Gasteiger partial charge is 0.416 e. The van der Waals surface area contributed by atoms with Crippen molar-refractivity contribution in [1.82, 2.24) is 19.9 Å². The predicted octanol–water partition coefficient (Wildman–Crippen LogP) is 4.40. The molecule has 3 aromatic rings. The summed E-state index contributed by atoms with van der Waals surface area (Å²) in [6.07, 6.45) is -0.508. The highest BCUT2D eigenvalue weighted by molar-refractivity contribution is 5.91. The van der Waals surface area contributed by atoms with Gasteiger partial charge in [-0.2, -0.15) is 18.2 Å². The Bertz CT molecular complexity index is 1210. The van der Waals surface area contributed by atoms with Crippen LogP contribution in [0.2, 0.25) is 0 Å². The third-order valence-corrected chi connectivity index (χ3v) is 6.37. The SMILES string of the molecule is CC(Nc1nc(N(C)CCN(C)C)nc2cnc(N3CCCC3)cc12)c1cc(N)cc(C(F)(F)F)c1. The molecule has 1 aromatic carbocycles. The summed E-state index contributed by atoms with van der Waals surface area (Å²) >= 11 is 0. The van der Waals surface area contributed by atoms with Gasteiger partial charge in [0.15, 0.2) is 0 Å². The molecule has 1 aliphatic rings. The average molecular weight is 503 g/mol. The number of nitrogens with one attached hydrogen (secondary N) is 1. The molecule has 1 atom stereocenters. The topological polar surface area (TPSA) is 86.4 Å². The van der Waals surface area contributed by atoms with Gasteiger partial charge < -0.3 is 25.8 Å². The maximum atomic E-state index is 13.4. The molecular formula is C25H33F3N8. The van der Waals surface area contributed by atoms with Crippen LogP contribution in [0, 0.1) is 0 Å². The van der Waals surface area contributed by atoms with Crippen molar-refractivity contribution in [3.63, 3.8) is 0 Å². The molecule has 3 N–H and O–H groups in total. The zero-order chi connectivity index (χ0) is 26.0. The number of alkyl halides is 3. The third-order valence-electron chi connectivity index (χ3n) is 6.37. The summed E-state index contributed by atoms with van der Waals surface area (Å²) in [7, 11) is 5.90. The normalized spacial score (nSPS) is 15.1. The van der Waals surface area contributed by atoms with E-state index in [2.05, 4.69) is 20.1 Å². The van der Waals surface area contributed by atoms with Crippen molar-refractivity contribution in [2.75, 3.05) is 68.2 Å². The Balaban J connectivity index is 1.73. The highest BCUT2D eigenvalue weighted by atomic mass is 19.4. The van der Waals surface area contributed by atoms with Gasteiger partial charge in [-0.15, -0.1) is 0 Å². The molecule has 8 nitrogen and oxygen atoms in total. The van der Waals surface area contributed by atoms with Gasteiger partial charge in [-0.25, -0.2) is 9.97 Å². The molecule has 0 amide bonds.